The Morgan fingerprint density at radius 2 is 1.71 bits per heavy atom. The zero-order valence-corrected chi connectivity index (χ0v) is 12.4. The number of hydrogen-bond acceptors (Lipinski definition) is 5. The summed E-state index contributed by atoms with van der Waals surface area (Å²) in [6.07, 6.45) is 0. The van der Waals surface area contributed by atoms with E-state index in [4.69, 9.17) is 4.74 Å². The summed E-state index contributed by atoms with van der Waals surface area (Å²) in [5.41, 5.74) is 4.05. The summed E-state index contributed by atoms with van der Waals surface area (Å²) < 4.78 is 5.22. The van der Waals surface area contributed by atoms with Crippen molar-refractivity contribution in [1.29, 1.82) is 0 Å². The lowest BCUT2D eigenvalue weighted by atomic mass is 9.99. The molecule has 0 amide bonds. The van der Waals surface area contributed by atoms with E-state index in [2.05, 4.69) is 39.8 Å². The lowest BCUT2D eigenvalue weighted by Crippen LogP contribution is -2.12. The molecule has 0 radical (unpaired) electrons. The molecule has 0 fully saturated rings. The second-order valence-electron chi connectivity index (χ2n) is 4.51. The van der Waals surface area contributed by atoms with Crippen LogP contribution in [0.2, 0.25) is 0 Å². The maximum atomic E-state index is 5.22. The molecule has 0 saturated heterocycles. The van der Waals surface area contributed by atoms with Crippen LogP contribution in [0.3, 0.4) is 0 Å². The summed E-state index contributed by atoms with van der Waals surface area (Å²) in [5.74, 6) is 0.849. The molecule has 1 aromatic heterocycles. The molecule has 0 aliphatic carbocycles. The number of benzene rings is 2. The molecule has 0 bridgehead atoms. The van der Waals surface area contributed by atoms with Gasteiger partial charge in [-0.25, -0.2) is 0 Å². The van der Waals surface area contributed by atoms with Gasteiger partial charge in [0.15, 0.2) is 0 Å². The van der Waals surface area contributed by atoms with E-state index in [1.807, 2.05) is 30.3 Å². The molecular formula is C16H15N3OS. The molecule has 5 heteroatoms. The van der Waals surface area contributed by atoms with Crippen LogP contribution < -0.4 is 10.1 Å². The first kappa shape index (κ1) is 13.6. The van der Waals surface area contributed by atoms with Crippen LogP contribution in [0.1, 0.15) is 17.2 Å². The molecular weight excluding hydrogens is 282 g/mol. The Morgan fingerprint density at radius 1 is 1.00 bits per heavy atom. The predicted octanol–water partition coefficient (Wildman–Crippen LogP) is 3.75. The second-order valence-corrected chi connectivity index (χ2v) is 5.34. The van der Waals surface area contributed by atoms with Crippen molar-refractivity contribution in [3.8, 4) is 5.75 Å². The molecule has 4 nitrogen and oxygen atoms in total. The van der Waals surface area contributed by atoms with E-state index >= 15 is 0 Å². The van der Waals surface area contributed by atoms with Gasteiger partial charge in [-0.15, -0.1) is 10.2 Å². The Morgan fingerprint density at radius 3 is 2.33 bits per heavy atom. The maximum Gasteiger partial charge on any atom is 0.206 e. The summed E-state index contributed by atoms with van der Waals surface area (Å²) in [6, 6.07) is 18.4. The summed E-state index contributed by atoms with van der Waals surface area (Å²) in [5, 5.41) is 12.2. The molecule has 3 aromatic rings. The van der Waals surface area contributed by atoms with E-state index in [0.29, 0.717) is 0 Å². The quantitative estimate of drug-likeness (QED) is 0.779. The SMILES string of the molecule is COc1ccc(C(Nc2nncs2)c2ccccc2)cc1. The first-order chi connectivity index (χ1) is 10.4. The van der Waals surface area contributed by atoms with E-state index in [1.54, 1.807) is 12.6 Å². The molecule has 1 unspecified atom stereocenters. The highest BCUT2D eigenvalue weighted by Crippen LogP contribution is 2.28. The summed E-state index contributed by atoms with van der Waals surface area (Å²) >= 11 is 1.49. The van der Waals surface area contributed by atoms with Crippen molar-refractivity contribution in [3.63, 3.8) is 0 Å². The van der Waals surface area contributed by atoms with Gasteiger partial charge in [-0.2, -0.15) is 0 Å². The molecule has 106 valence electrons. The topological polar surface area (TPSA) is 47.0 Å². The van der Waals surface area contributed by atoms with Crippen LogP contribution in [0.4, 0.5) is 5.13 Å². The largest absolute Gasteiger partial charge is 0.497 e. The first-order valence-electron chi connectivity index (χ1n) is 6.58. The molecule has 0 spiro atoms. The van der Waals surface area contributed by atoms with Crippen molar-refractivity contribution in [2.24, 2.45) is 0 Å². The van der Waals surface area contributed by atoms with E-state index in [0.717, 1.165) is 16.4 Å². The Kier molecular flexibility index (Phi) is 4.12. The first-order valence-corrected chi connectivity index (χ1v) is 7.46. The highest BCUT2D eigenvalue weighted by molar-refractivity contribution is 7.13. The minimum Gasteiger partial charge on any atom is -0.497 e. The van der Waals surface area contributed by atoms with E-state index in [9.17, 15) is 0 Å². The fraction of sp³-hybridized carbons (Fsp3) is 0.125. The third kappa shape index (κ3) is 3.20. The molecule has 1 N–H and O–H groups in total. The fourth-order valence-corrected chi connectivity index (χ4v) is 2.63. The monoisotopic (exact) mass is 297 g/mol. The lowest BCUT2D eigenvalue weighted by molar-refractivity contribution is 0.414. The second kappa shape index (κ2) is 6.37. The minimum atomic E-state index is 0.0325. The van der Waals surface area contributed by atoms with Gasteiger partial charge in [-0.05, 0) is 23.3 Å². The molecule has 21 heavy (non-hydrogen) atoms. The Labute approximate surface area is 127 Å². The van der Waals surface area contributed by atoms with Gasteiger partial charge in [0.25, 0.3) is 0 Å². The number of methoxy groups -OCH3 is 1. The van der Waals surface area contributed by atoms with Crippen LogP contribution in [0, 0.1) is 0 Å². The van der Waals surface area contributed by atoms with Gasteiger partial charge in [0.1, 0.15) is 11.3 Å². The normalized spacial score (nSPS) is 11.9. The number of rotatable bonds is 5. The van der Waals surface area contributed by atoms with Crippen molar-refractivity contribution < 1.29 is 4.74 Å². The molecule has 0 aliphatic rings. The average molecular weight is 297 g/mol. The summed E-state index contributed by atoms with van der Waals surface area (Å²) in [7, 11) is 1.67. The van der Waals surface area contributed by atoms with Gasteiger partial charge in [0.2, 0.25) is 5.13 Å². The van der Waals surface area contributed by atoms with E-state index in [1.165, 1.54) is 16.9 Å². The highest BCUT2D eigenvalue weighted by Gasteiger charge is 2.15. The van der Waals surface area contributed by atoms with Gasteiger partial charge in [-0.1, -0.05) is 53.8 Å². The lowest BCUT2D eigenvalue weighted by Gasteiger charge is -2.19. The number of hydrogen-bond donors (Lipinski definition) is 1. The Balaban J connectivity index is 1.94. The van der Waals surface area contributed by atoms with E-state index < -0.39 is 0 Å². The fourth-order valence-electron chi connectivity index (χ4n) is 2.16. The standard InChI is InChI=1S/C16H15N3OS/c1-20-14-9-7-13(8-10-14)15(12-5-3-2-4-6-12)18-16-19-17-11-21-16/h2-11,15H,1H3,(H,18,19). The van der Waals surface area contributed by atoms with Gasteiger partial charge < -0.3 is 10.1 Å². The summed E-state index contributed by atoms with van der Waals surface area (Å²) in [6.45, 7) is 0. The van der Waals surface area contributed by atoms with Crippen LogP contribution in [-0.4, -0.2) is 17.3 Å². The Hall–Kier alpha value is -2.40. The van der Waals surface area contributed by atoms with Crippen molar-refractivity contribution >= 4 is 16.5 Å². The molecule has 0 saturated carbocycles. The number of aromatic nitrogens is 2. The van der Waals surface area contributed by atoms with Gasteiger partial charge in [0.05, 0.1) is 13.2 Å². The third-order valence-electron chi connectivity index (χ3n) is 3.21. The zero-order valence-electron chi connectivity index (χ0n) is 11.6. The number of ether oxygens (including phenoxy) is 1. The molecule has 3 rings (SSSR count). The maximum absolute atomic E-state index is 5.22. The third-order valence-corrected chi connectivity index (χ3v) is 3.83. The van der Waals surface area contributed by atoms with Crippen molar-refractivity contribution in [1.82, 2.24) is 10.2 Å². The molecule has 1 atom stereocenters. The number of nitrogens with zero attached hydrogens (tertiary/aromatic N) is 2. The predicted molar refractivity (Wildman–Crippen MR) is 84.8 cm³/mol. The smallest absolute Gasteiger partial charge is 0.206 e. The van der Waals surface area contributed by atoms with Crippen LogP contribution in [-0.2, 0) is 0 Å². The van der Waals surface area contributed by atoms with Crippen LogP contribution in [0.15, 0.2) is 60.1 Å². The zero-order chi connectivity index (χ0) is 14.5. The minimum absolute atomic E-state index is 0.0325. The van der Waals surface area contributed by atoms with Crippen LogP contribution in [0.5, 0.6) is 5.75 Å². The molecule has 1 heterocycles. The van der Waals surface area contributed by atoms with Gasteiger partial charge >= 0.3 is 0 Å². The Bertz CT molecular complexity index is 669. The number of anilines is 1. The average Bonchev–Trinajstić information content (AvgIpc) is 3.07. The van der Waals surface area contributed by atoms with E-state index in [-0.39, 0.29) is 6.04 Å². The highest BCUT2D eigenvalue weighted by atomic mass is 32.1. The van der Waals surface area contributed by atoms with Crippen LogP contribution in [0.25, 0.3) is 0 Å². The molecule has 2 aromatic carbocycles. The summed E-state index contributed by atoms with van der Waals surface area (Å²) in [4.78, 5) is 0. The number of nitrogens with one attached hydrogen (secondary N) is 1. The van der Waals surface area contributed by atoms with Crippen molar-refractivity contribution in [3.05, 3.63) is 71.2 Å². The molecule has 0 aliphatic heterocycles. The van der Waals surface area contributed by atoms with Crippen molar-refractivity contribution in [2.45, 2.75) is 6.04 Å². The van der Waals surface area contributed by atoms with Gasteiger partial charge in [0, 0.05) is 0 Å². The van der Waals surface area contributed by atoms with Crippen LogP contribution >= 0.6 is 11.3 Å². The van der Waals surface area contributed by atoms with Gasteiger partial charge in [-0.3, -0.25) is 0 Å². The van der Waals surface area contributed by atoms with Crippen molar-refractivity contribution in [2.75, 3.05) is 12.4 Å².